The van der Waals surface area contributed by atoms with Gasteiger partial charge in [-0.1, -0.05) is 0 Å². The van der Waals surface area contributed by atoms with Gasteiger partial charge in [0, 0.05) is 38.5 Å². The minimum Gasteiger partial charge on any atom is -0.356 e. The van der Waals surface area contributed by atoms with E-state index >= 15 is 0 Å². The van der Waals surface area contributed by atoms with E-state index in [1.54, 1.807) is 4.68 Å². The Balaban J connectivity index is 2.08. The van der Waals surface area contributed by atoms with Crippen molar-refractivity contribution < 1.29 is 4.79 Å². The van der Waals surface area contributed by atoms with Crippen LogP contribution in [0.2, 0.25) is 0 Å². The van der Waals surface area contributed by atoms with Crippen LogP contribution in [0.25, 0.3) is 0 Å². The number of halogens is 1. The van der Waals surface area contributed by atoms with E-state index < -0.39 is 0 Å². The zero-order chi connectivity index (χ0) is 11.8. The van der Waals surface area contributed by atoms with Gasteiger partial charge >= 0.3 is 0 Å². The van der Waals surface area contributed by atoms with E-state index in [0.29, 0.717) is 18.8 Å². The lowest BCUT2D eigenvalue weighted by atomic mass is 10.2. The Morgan fingerprint density at radius 2 is 2.38 bits per heavy atom. The van der Waals surface area contributed by atoms with Crippen LogP contribution < -0.4 is 5.32 Å². The molecule has 0 bridgehead atoms. The molecule has 1 aromatic heterocycles. The van der Waals surface area contributed by atoms with Crippen molar-refractivity contribution in [2.45, 2.75) is 25.7 Å². The van der Waals surface area contributed by atoms with E-state index in [1.807, 2.05) is 19.3 Å². The number of amides is 1. The van der Waals surface area contributed by atoms with Crippen LogP contribution in [-0.4, -0.2) is 28.1 Å². The third-order valence-corrected chi connectivity index (χ3v) is 2.53. The highest BCUT2D eigenvalue weighted by molar-refractivity contribution is 6.17. The van der Waals surface area contributed by atoms with Gasteiger partial charge in [0.25, 0.3) is 0 Å². The fourth-order valence-corrected chi connectivity index (χ4v) is 1.58. The molecular weight excluding hydrogens is 226 g/mol. The van der Waals surface area contributed by atoms with Gasteiger partial charge in [-0.15, -0.1) is 11.6 Å². The van der Waals surface area contributed by atoms with E-state index in [9.17, 15) is 4.79 Å². The molecule has 0 aromatic carbocycles. The van der Waals surface area contributed by atoms with Gasteiger partial charge < -0.3 is 5.32 Å². The second-order valence-corrected chi connectivity index (χ2v) is 4.10. The largest absolute Gasteiger partial charge is 0.356 e. The van der Waals surface area contributed by atoms with Crippen molar-refractivity contribution in [1.82, 2.24) is 15.1 Å². The molecular formula is C11H18ClN3O. The number of hydrogen-bond donors (Lipinski definition) is 1. The number of hydrogen-bond acceptors (Lipinski definition) is 2. The molecule has 5 heteroatoms. The van der Waals surface area contributed by atoms with Crippen LogP contribution in [0.5, 0.6) is 0 Å². The summed E-state index contributed by atoms with van der Waals surface area (Å²) in [5, 5.41) is 7.10. The smallest absolute Gasteiger partial charge is 0.220 e. The van der Waals surface area contributed by atoms with Gasteiger partial charge in [-0.3, -0.25) is 9.48 Å². The molecule has 0 radical (unpaired) electrons. The average molecular weight is 244 g/mol. The molecule has 1 N–H and O–H groups in total. The first-order valence-corrected chi connectivity index (χ1v) is 6.07. The topological polar surface area (TPSA) is 46.9 Å². The Labute approximate surface area is 101 Å². The van der Waals surface area contributed by atoms with Crippen LogP contribution in [0.1, 0.15) is 25.0 Å². The van der Waals surface area contributed by atoms with Crippen LogP contribution in [0.4, 0.5) is 0 Å². The fourth-order valence-electron chi connectivity index (χ4n) is 1.39. The van der Waals surface area contributed by atoms with Crippen LogP contribution in [0, 0.1) is 0 Å². The first-order chi connectivity index (χ1) is 7.72. The molecule has 4 nitrogen and oxygen atoms in total. The average Bonchev–Trinajstić information content (AvgIpc) is 2.65. The Hall–Kier alpha value is -1.03. The van der Waals surface area contributed by atoms with Crippen molar-refractivity contribution in [2.75, 3.05) is 12.4 Å². The maximum absolute atomic E-state index is 11.3. The summed E-state index contributed by atoms with van der Waals surface area (Å²) in [5.41, 5.74) is 1.00. The first kappa shape index (κ1) is 13.0. The summed E-state index contributed by atoms with van der Waals surface area (Å²) in [6, 6.07) is 1.96. The Kier molecular flexibility index (Phi) is 5.93. The summed E-state index contributed by atoms with van der Waals surface area (Å²) in [5.74, 6) is 0.724. The molecule has 0 atom stereocenters. The summed E-state index contributed by atoms with van der Waals surface area (Å²) in [4.78, 5) is 11.3. The molecule has 0 aliphatic carbocycles. The zero-order valence-corrected chi connectivity index (χ0v) is 10.3. The van der Waals surface area contributed by atoms with Gasteiger partial charge in [0.2, 0.25) is 5.91 Å². The number of alkyl halides is 1. The van der Waals surface area contributed by atoms with Gasteiger partial charge in [0.15, 0.2) is 0 Å². The lowest BCUT2D eigenvalue weighted by Crippen LogP contribution is -2.25. The number of aromatic nitrogens is 2. The van der Waals surface area contributed by atoms with Crippen molar-refractivity contribution in [3.8, 4) is 0 Å². The van der Waals surface area contributed by atoms with Crippen LogP contribution in [-0.2, 0) is 18.3 Å². The number of nitrogens with zero attached hydrogens (tertiary/aromatic N) is 2. The maximum atomic E-state index is 11.3. The number of carbonyl (C=O) groups is 1. The van der Waals surface area contributed by atoms with Crippen molar-refractivity contribution in [2.24, 2.45) is 7.05 Å². The minimum atomic E-state index is 0.0982. The molecule has 0 aliphatic rings. The Morgan fingerprint density at radius 1 is 1.56 bits per heavy atom. The molecule has 1 aromatic rings. The molecule has 0 spiro atoms. The Bertz CT molecular complexity index is 325. The predicted molar refractivity (Wildman–Crippen MR) is 64.5 cm³/mol. The summed E-state index contributed by atoms with van der Waals surface area (Å²) < 4.78 is 1.76. The number of nitrogens with one attached hydrogen (secondary N) is 1. The second kappa shape index (κ2) is 7.28. The fraction of sp³-hybridized carbons (Fsp3) is 0.636. The normalized spacial score (nSPS) is 10.4. The lowest BCUT2D eigenvalue weighted by molar-refractivity contribution is -0.121. The van der Waals surface area contributed by atoms with Gasteiger partial charge in [-0.25, -0.2) is 0 Å². The number of carbonyl (C=O) groups excluding carboxylic acids is 1. The highest BCUT2D eigenvalue weighted by atomic mass is 35.5. The van der Waals surface area contributed by atoms with Crippen LogP contribution >= 0.6 is 11.6 Å². The molecule has 0 aliphatic heterocycles. The number of unbranched alkanes of at least 4 members (excludes halogenated alkanes) is 1. The van der Waals surface area contributed by atoms with E-state index in [2.05, 4.69) is 10.4 Å². The highest BCUT2D eigenvalue weighted by Crippen LogP contribution is 1.97. The van der Waals surface area contributed by atoms with Crippen molar-refractivity contribution in [1.29, 1.82) is 0 Å². The summed E-state index contributed by atoms with van der Waals surface area (Å²) in [7, 11) is 1.88. The number of rotatable bonds is 7. The van der Waals surface area contributed by atoms with Crippen molar-refractivity contribution in [3.63, 3.8) is 0 Å². The second-order valence-electron chi connectivity index (χ2n) is 3.73. The van der Waals surface area contributed by atoms with Crippen molar-refractivity contribution in [3.05, 3.63) is 18.0 Å². The highest BCUT2D eigenvalue weighted by Gasteiger charge is 2.01. The summed E-state index contributed by atoms with van der Waals surface area (Å²) in [6.07, 6.45) is 5.00. The SMILES string of the molecule is Cn1ccc(CCNC(=O)CCCCCl)n1. The third kappa shape index (κ3) is 5.16. The molecule has 0 unspecified atom stereocenters. The van der Waals surface area contributed by atoms with E-state index in [1.165, 1.54) is 0 Å². The molecule has 16 heavy (non-hydrogen) atoms. The zero-order valence-electron chi connectivity index (χ0n) is 9.58. The standard InChI is InChI=1S/C11H18ClN3O/c1-15-9-6-10(14-15)5-8-13-11(16)4-2-3-7-12/h6,9H,2-5,7-8H2,1H3,(H,13,16). The minimum absolute atomic E-state index is 0.0982. The Morgan fingerprint density at radius 3 is 3.00 bits per heavy atom. The molecule has 1 rings (SSSR count). The first-order valence-electron chi connectivity index (χ1n) is 5.53. The molecule has 90 valence electrons. The lowest BCUT2D eigenvalue weighted by Gasteiger charge is -2.03. The molecule has 0 saturated heterocycles. The molecule has 0 fully saturated rings. The van der Waals surface area contributed by atoms with Gasteiger partial charge in [-0.2, -0.15) is 5.10 Å². The molecule has 0 saturated carbocycles. The van der Waals surface area contributed by atoms with E-state index in [0.717, 1.165) is 25.0 Å². The predicted octanol–water partition coefficient (Wildman–Crippen LogP) is 1.49. The van der Waals surface area contributed by atoms with Crippen LogP contribution in [0.15, 0.2) is 12.3 Å². The van der Waals surface area contributed by atoms with Gasteiger partial charge in [-0.05, 0) is 18.9 Å². The summed E-state index contributed by atoms with van der Waals surface area (Å²) >= 11 is 5.53. The summed E-state index contributed by atoms with van der Waals surface area (Å²) in [6.45, 7) is 0.650. The number of aryl methyl sites for hydroxylation is 1. The monoisotopic (exact) mass is 243 g/mol. The molecule has 1 heterocycles. The third-order valence-electron chi connectivity index (χ3n) is 2.26. The van der Waals surface area contributed by atoms with E-state index in [4.69, 9.17) is 11.6 Å². The quantitative estimate of drug-likeness (QED) is 0.583. The van der Waals surface area contributed by atoms with Crippen molar-refractivity contribution >= 4 is 17.5 Å². The van der Waals surface area contributed by atoms with Crippen LogP contribution in [0.3, 0.4) is 0 Å². The van der Waals surface area contributed by atoms with Gasteiger partial charge in [0.1, 0.15) is 0 Å². The molecule has 1 amide bonds. The van der Waals surface area contributed by atoms with E-state index in [-0.39, 0.29) is 5.91 Å². The van der Waals surface area contributed by atoms with Gasteiger partial charge in [0.05, 0.1) is 5.69 Å². The maximum Gasteiger partial charge on any atom is 0.220 e.